The molecule has 33 heavy (non-hydrogen) atoms. The molecule has 1 N–H and O–H groups in total. The van der Waals surface area contributed by atoms with Crippen LogP contribution >= 0.6 is 0 Å². The summed E-state index contributed by atoms with van der Waals surface area (Å²) < 4.78 is 0. The summed E-state index contributed by atoms with van der Waals surface area (Å²) in [7, 11) is 0. The molecule has 7 heteroatoms. The quantitative estimate of drug-likeness (QED) is 0.759. The number of piperazine rings is 1. The maximum absolute atomic E-state index is 13.3. The van der Waals surface area contributed by atoms with Gasteiger partial charge in [-0.2, -0.15) is 0 Å². The number of hydrogen-bond donors (Lipinski definition) is 1. The van der Waals surface area contributed by atoms with Gasteiger partial charge >= 0.3 is 0 Å². The zero-order chi connectivity index (χ0) is 23.4. The average Bonchev–Trinajstić information content (AvgIpc) is 2.84. The molecule has 2 aliphatic rings. The first-order valence-corrected chi connectivity index (χ1v) is 11.7. The fourth-order valence-corrected chi connectivity index (χ4v) is 4.89. The number of aryl methyl sites for hydroxylation is 1. The van der Waals surface area contributed by atoms with E-state index in [2.05, 4.69) is 35.3 Å². The number of hydrogen-bond acceptors (Lipinski definition) is 5. The van der Waals surface area contributed by atoms with Crippen molar-refractivity contribution in [1.82, 2.24) is 4.90 Å². The summed E-state index contributed by atoms with van der Waals surface area (Å²) in [5.41, 5.74) is 3.21. The van der Waals surface area contributed by atoms with Gasteiger partial charge in [0.2, 0.25) is 5.91 Å². The van der Waals surface area contributed by atoms with E-state index in [-0.39, 0.29) is 11.8 Å². The van der Waals surface area contributed by atoms with Crippen LogP contribution in [-0.4, -0.2) is 48.9 Å². The number of aliphatic carboxylic acids is 1. The van der Waals surface area contributed by atoms with E-state index in [4.69, 9.17) is 0 Å². The van der Waals surface area contributed by atoms with Crippen LogP contribution in [-0.2, 0) is 9.59 Å². The Labute approximate surface area is 194 Å². The number of amides is 2. The number of para-hydroxylation sites is 1. The van der Waals surface area contributed by atoms with Gasteiger partial charge in [-0.05, 0) is 49.6 Å². The Balaban J connectivity index is 1.43. The minimum atomic E-state index is -1.18. The van der Waals surface area contributed by atoms with Crippen molar-refractivity contribution in [2.24, 2.45) is 11.8 Å². The average molecular weight is 449 g/mol. The molecule has 1 heterocycles. The lowest BCUT2D eigenvalue weighted by molar-refractivity contribution is -0.313. The van der Waals surface area contributed by atoms with E-state index in [9.17, 15) is 19.5 Å². The van der Waals surface area contributed by atoms with Gasteiger partial charge in [0, 0.05) is 49.7 Å². The molecule has 2 fully saturated rings. The number of carbonyl (C=O) groups is 3. The smallest absolute Gasteiger partial charge is 0.256 e. The monoisotopic (exact) mass is 448 g/mol. The van der Waals surface area contributed by atoms with Crippen LogP contribution in [0.25, 0.3) is 0 Å². The van der Waals surface area contributed by atoms with Gasteiger partial charge in [0.25, 0.3) is 5.91 Å². The first kappa shape index (κ1) is 22.8. The Morgan fingerprint density at radius 2 is 1.61 bits per heavy atom. The maximum atomic E-state index is 13.3. The molecule has 0 aromatic heterocycles. The Morgan fingerprint density at radius 3 is 2.30 bits per heavy atom. The third kappa shape index (κ3) is 5.18. The summed E-state index contributed by atoms with van der Waals surface area (Å²) in [6.07, 6.45) is 2.56. The number of carboxylic acid groups (broad SMARTS) is 1. The number of benzene rings is 2. The van der Waals surface area contributed by atoms with E-state index in [1.54, 1.807) is 24.3 Å². The van der Waals surface area contributed by atoms with Gasteiger partial charge < -0.3 is 25.0 Å². The van der Waals surface area contributed by atoms with Crippen LogP contribution in [0.5, 0.6) is 0 Å². The molecule has 4 rings (SSSR count). The summed E-state index contributed by atoms with van der Waals surface area (Å²) in [4.78, 5) is 41.8. The molecular weight excluding hydrogens is 418 g/mol. The lowest BCUT2D eigenvalue weighted by Gasteiger charge is -2.36. The predicted molar refractivity (Wildman–Crippen MR) is 125 cm³/mol. The van der Waals surface area contributed by atoms with Crippen molar-refractivity contribution in [2.75, 3.05) is 36.4 Å². The summed E-state index contributed by atoms with van der Waals surface area (Å²) in [6.45, 7) is 4.71. The Morgan fingerprint density at radius 1 is 0.909 bits per heavy atom. The molecule has 1 aliphatic heterocycles. The van der Waals surface area contributed by atoms with Crippen molar-refractivity contribution in [2.45, 2.75) is 32.6 Å². The van der Waals surface area contributed by atoms with Crippen molar-refractivity contribution >= 4 is 29.2 Å². The van der Waals surface area contributed by atoms with Gasteiger partial charge in [0.05, 0.1) is 11.3 Å². The highest BCUT2D eigenvalue weighted by Crippen LogP contribution is 2.31. The highest BCUT2D eigenvalue weighted by atomic mass is 16.4. The second kappa shape index (κ2) is 10.1. The third-order valence-corrected chi connectivity index (χ3v) is 6.75. The molecule has 2 aromatic carbocycles. The molecule has 2 amide bonds. The molecule has 174 valence electrons. The van der Waals surface area contributed by atoms with Gasteiger partial charge in [-0.25, -0.2) is 0 Å². The fourth-order valence-electron chi connectivity index (χ4n) is 4.89. The van der Waals surface area contributed by atoms with Crippen molar-refractivity contribution in [1.29, 1.82) is 0 Å². The van der Waals surface area contributed by atoms with Gasteiger partial charge in [0.1, 0.15) is 0 Å². The number of carboxylic acids is 1. The minimum absolute atomic E-state index is 0.130. The predicted octanol–water partition coefficient (Wildman–Crippen LogP) is 2.45. The van der Waals surface area contributed by atoms with E-state index < -0.39 is 17.8 Å². The number of nitrogens with one attached hydrogen (secondary N) is 1. The van der Waals surface area contributed by atoms with Crippen LogP contribution in [0, 0.1) is 18.8 Å². The van der Waals surface area contributed by atoms with E-state index in [0.717, 1.165) is 31.6 Å². The molecule has 1 aliphatic carbocycles. The summed E-state index contributed by atoms with van der Waals surface area (Å²) >= 11 is 0. The van der Waals surface area contributed by atoms with Crippen molar-refractivity contribution in [3.8, 4) is 0 Å². The first-order chi connectivity index (χ1) is 15.9. The molecular formula is C26H30N3O4-. The summed E-state index contributed by atoms with van der Waals surface area (Å²) in [6, 6.07) is 15.3. The Bertz CT molecular complexity index is 1030. The third-order valence-electron chi connectivity index (χ3n) is 6.75. The fraction of sp³-hybridized carbons (Fsp3) is 0.423. The largest absolute Gasteiger partial charge is 0.550 e. The van der Waals surface area contributed by atoms with Gasteiger partial charge in [0.15, 0.2) is 0 Å². The molecule has 0 unspecified atom stereocenters. The van der Waals surface area contributed by atoms with Gasteiger partial charge in [-0.1, -0.05) is 37.1 Å². The Hall–Kier alpha value is -3.35. The maximum Gasteiger partial charge on any atom is 0.256 e. The lowest BCUT2D eigenvalue weighted by atomic mass is 9.78. The van der Waals surface area contributed by atoms with Crippen LogP contribution < -0.4 is 15.3 Å². The van der Waals surface area contributed by atoms with Crippen molar-refractivity contribution in [3.05, 3.63) is 59.7 Å². The molecule has 1 saturated carbocycles. The van der Waals surface area contributed by atoms with E-state index >= 15 is 0 Å². The van der Waals surface area contributed by atoms with E-state index in [1.807, 2.05) is 11.0 Å². The van der Waals surface area contributed by atoms with E-state index in [0.29, 0.717) is 37.2 Å². The molecule has 2 aromatic rings. The van der Waals surface area contributed by atoms with Gasteiger partial charge in [-0.3, -0.25) is 9.59 Å². The zero-order valence-corrected chi connectivity index (χ0v) is 19.0. The minimum Gasteiger partial charge on any atom is -0.550 e. The number of nitrogens with zero attached hydrogens (tertiary/aromatic N) is 2. The molecule has 1 saturated heterocycles. The standard InChI is InChI=1S/C26H31N3O4/c1-18-7-6-8-19(17-18)28-13-15-29(16-14-28)25(31)22-11-4-5-12-23(22)27-24(30)20-9-2-3-10-21(20)26(32)33/h4-8,11-12,17,20-21H,2-3,9-10,13-16H2,1H3,(H,27,30)(H,32,33)/p-1/t20-,21+/m1/s1. The topological polar surface area (TPSA) is 92.8 Å². The second-order valence-corrected chi connectivity index (χ2v) is 8.97. The SMILES string of the molecule is Cc1cccc(N2CCN(C(=O)c3ccccc3NC(=O)[C@@H]3CCCC[C@@H]3C(=O)[O-])CC2)c1. The molecule has 7 nitrogen and oxygen atoms in total. The van der Waals surface area contributed by atoms with E-state index in [1.165, 1.54) is 5.56 Å². The second-order valence-electron chi connectivity index (χ2n) is 8.97. The van der Waals surface area contributed by atoms with Crippen LogP contribution in [0.15, 0.2) is 48.5 Å². The summed E-state index contributed by atoms with van der Waals surface area (Å²) in [5, 5.41) is 14.3. The normalized spacial score (nSPS) is 20.9. The molecule has 0 radical (unpaired) electrons. The first-order valence-electron chi connectivity index (χ1n) is 11.7. The van der Waals surface area contributed by atoms with Crippen LogP contribution in [0.1, 0.15) is 41.6 Å². The number of carbonyl (C=O) groups excluding carboxylic acids is 3. The van der Waals surface area contributed by atoms with Crippen molar-refractivity contribution < 1.29 is 19.5 Å². The molecule has 0 bridgehead atoms. The zero-order valence-electron chi connectivity index (χ0n) is 19.0. The number of anilines is 2. The highest BCUT2D eigenvalue weighted by Gasteiger charge is 2.32. The summed E-state index contributed by atoms with van der Waals surface area (Å²) in [5.74, 6) is -3.07. The number of rotatable bonds is 5. The van der Waals surface area contributed by atoms with Crippen LogP contribution in [0.3, 0.4) is 0 Å². The van der Waals surface area contributed by atoms with Crippen molar-refractivity contribution in [3.63, 3.8) is 0 Å². The molecule has 2 atom stereocenters. The van der Waals surface area contributed by atoms with Crippen LogP contribution in [0.4, 0.5) is 11.4 Å². The van der Waals surface area contributed by atoms with Crippen LogP contribution in [0.2, 0.25) is 0 Å². The highest BCUT2D eigenvalue weighted by molar-refractivity contribution is 6.04. The lowest BCUT2D eigenvalue weighted by Crippen LogP contribution is -2.49. The Kier molecular flexibility index (Phi) is 6.96. The molecule has 0 spiro atoms. The van der Waals surface area contributed by atoms with Gasteiger partial charge in [-0.15, -0.1) is 0 Å².